The van der Waals surface area contributed by atoms with Crippen molar-refractivity contribution >= 4 is 33.1 Å². The first kappa shape index (κ1) is 14.0. The Bertz CT molecular complexity index is 643. The first-order valence-electron chi connectivity index (χ1n) is 5.68. The number of nitrogens with two attached hydrogens (primary N) is 1. The highest BCUT2D eigenvalue weighted by Crippen LogP contribution is 2.27. The Morgan fingerprint density at radius 3 is 2.63 bits per heavy atom. The third kappa shape index (κ3) is 3.52. The van der Waals surface area contributed by atoms with Crippen molar-refractivity contribution in [2.24, 2.45) is 5.73 Å². The van der Waals surface area contributed by atoms with Crippen LogP contribution < -0.4 is 10.5 Å². The predicted molar refractivity (Wildman–Crippen MR) is 83.8 cm³/mol. The fourth-order valence-electron chi connectivity index (χ4n) is 1.67. The summed E-state index contributed by atoms with van der Waals surface area (Å²) < 4.78 is 6.80. The second-order valence-electron chi connectivity index (χ2n) is 4.21. The lowest BCUT2D eigenvalue weighted by Gasteiger charge is -2.10. The second-order valence-corrected chi connectivity index (χ2v) is 5.57. The van der Waals surface area contributed by atoms with E-state index in [1.807, 2.05) is 38.1 Å². The average Bonchev–Trinajstić information content (AvgIpc) is 2.32. The van der Waals surface area contributed by atoms with Gasteiger partial charge in [0.05, 0.1) is 0 Å². The number of halogens is 1. The van der Waals surface area contributed by atoms with Gasteiger partial charge < -0.3 is 10.5 Å². The Morgan fingerprint density at radius 2 is 2.00 bits per heavy atom. The summed E-state index contributed by atoms with van der Waals surface area (Å²) in [5.74, 6) is 1.25. The molecule has 0 aliphatic heterocycles. The van der Waals surface area contributed by atoms with Gasteiger partial charge in [0.2, 0.25) is 5.88 Å². The highest BCUT2D eigenvalue weighted by Gasteiger charge is 2.07. The Morgan fingerprint density at radius 1 is 1.26 bits per heavy atom. The number of aromatic nitrogens is 1. The Balaban J connectivity index is 2.35. The van der Waals surface area contributed by atoms with Gasteiger partial charge in [-0.3, -0.25) is 0 Å². The van der Waals surface area contributed by atoms with Gasteiger partial charge in [0.15, 0.2) is 0 Å². The van der Waals surface area contributed by atoms with Crippen LogP contribution >= 0.6 is 28.1 Å². The van der Waals surface area contributed by atoms with Crippen LogP contribution in [0.1, 0.15) is 16.8 Å². The molecule has 2 rings (SSSR count). The van der Waals surface area contributed by atoms with Gasteiger partial charge in [-0.15, -0.1) is 0 Å². The van der Waals surface area contributed by atoms with Crippen LogP contribution in [-0.4, -0.2) is 9.97 Å². The fraction of sp³-hybridized carbons (Fsp3) is 0.143. The van der Waals surface area contributed by atoms with Crippen LogP contribution in [0.25, 0.3) is 0 Å². The van der Waals surface area contributed by atoms with E-state index in [1.165, 1.54) is 0 Å². The minimum Gasteiger partial charge on any atom is -0.439 e. The highest BCUT2D eigenvalue weighted by atomic mass is 79.9. The van der Waals surface area contributed by atoms with Gasteiger partial charge in [-0.05, 0) is 43.7 Å². The van der Waals surface area contributed by atoms with Crippen LogP contribution in [0, 0.1) is 13.8 Å². The molecule has 0 amide bonds. The van der Waals surface area contributed by atoms with Crippen molar-refractivity contribution in [1.82, 2.24) is 4.98 Å². The molecule has 0 atom stereocenters. The SMILES string of the molecule is Cc1cc(C(N)=S)cc(Oc2ccc(Br)cc2C)n1. The molecule has 2 aromatic rings. The largest absolute Gasteiger partial charge is 0.439 e. The van der Waals surface area contributed by atoms with Crippen molar-refractivity contribution in [3.63, 3.8) is 0 Å². The zero-order valence-electron chi connectivity index (χ0n) is 10.6. The normalized spacial score (nSPS) is 10.3. The van der Waals surface area contributed by atoms with E-state index in [0.717, 1.165) is 27.0 Å². The molecule has 0 bridgehead atoms. The topological polar surface area (TPSA) is 48.1 Å². The number of thiocarbonyl (C=S) groups is 1. The zero-order valence-corrected chi connectivity index (χ0v) is 13.0. The van der Waals surface area contributed by atoms with E-state index in [1.54, 1.807) is 6.07 Å². The molecule has 0 spiro atoms. The molecule has 1 heterocycles. The van der Waals surface area contributed by atoms with Crippen molar-refractivity contribution < 1.29 is 4.74 Å². The number of aryl methyl sites for hydroxylation is 2. The third-order valence-electron chi connectivity index (χ3n) is 2.57. The standard InChI is InChI=1S/C14H13BrN2OS/c1-8-5-11(15)3-4-12(8)18-13-7-10(14(16)19)6-9(2)17-13/h3-7H,1-2H3,(H2,16,19). The van der Waals surface area contributed by atoms with E-state index in [2.05, 4.69) is 20.9 Å². The van der Waals surface area contributed by atoms with Crippen LogP contribution in [-0.2, 0) is 0 Å². The molecule has 0 fully saturated rings. The highest BCUT2D eigenvalue weighted by molar-refractivity contribution is 9.10. The Hall–Kier alpha value is -1.46. The van der Waals surface area contributed by atoms with E-state index in [4.69, 9.17) is 22.7 Å². The molecule has 0 unspecified atom stereocenters. The van der Waals surface area contributed by atoms with Crippen molar-refractivity contribution in [3.05, 3.63) is 51.6 Å². The first-order chi connectivity index (χ1) is 8.95. The molecule has 98 valence electrons. The summed E-state index contributed by atoms with van der Waals surface area (Å²) in [7, 11) is 0. The summed E-state index contributed by atoms with van der Waals surface area (Å²) >= 11 is 8.40. The van der Waals surface area contributed by atoms with Gasteiger partial charge in [0.25, 0.3) is 0 Å². The number of benzene rings is 1. The first-order valence-corrected chi connectivity index (χ1v) is 6.88. The van der Waals surface area contributed by atoms with E-state index in [-0.39, 0.29) is 0 Å². The molecule has 5 heteroatoms. The maximum Gasteiger partial charge on any atom is 0.220 e. The average molecular weight is 337 g/mol. The summed E-state index contributed by atoms with van der Waals surface area (Å²) in [6.45, 7) is 3.85. The molecule has 1 aromatic heterocycles. The van der Waals surface area contributed by atoms with Crippen LogP contribution in [0.2, 0.25) is 0 Å². The maximum atomic E-state index is 5.79. The van der Waals surface area contributed by atoms with Crippen LogP contribution in [0.3, 0.4) is 0 Å². The number of hydrogen-bond acceptors (Lipinski definition) is 3. The number of pyridine rings is 1. The number of ether oxygens (including phenoxy) is 1. The van der Waals surface area contributed by atoms with Crippen LogP contribution in [0.15, 0.2) is 34.8 Å². The molecule has 0 aliphatic carbocycles. The van der Waals surface area contributed by atoms with E-state index >= 15 is 0 Å². The predicted octanol–water partition coefficient (Wildman–Crippen LogP) is 3.89. The fourth-order valence-corrected chi connectivity index (χ4v) is 2.27. The van der Waals surface area contributed by atoms with Gasteiger partial charge in [0, 0.05) is 21.8 Å². The molecule has 1 aromatic carbocycles. The molecule has 2 N–H and O–H groups in total. The van der Waals surface area contributed by atoms with Gasteiger partial charge >= 0.3 is 0 Å². The minimum atomic E-state index is 0.336. The lowest BCUT2D eigenvalue weighted by Crippen LogP contribution is -2.10. The molecular formula is C14H13BrN2OS. The van der Waals surface area contributed by atoms with Crippen molar-refractivity contribution in [2.75, 3.05) is 0 Å². The lowest BCUT2D eigenvalue weighted by molar-refractivity contribution is 0.458. The van der Waals surface area contributed by atoms with Crippen molar-refractivity contribution in [3.8, 4) is 11.6 Å². The molecular weight excluding hydrogens is 324 g/mol. The molecule has 0 saturated carbocycles. The summed E-state index contributed by atoms with van der Waals surface area (Å²) in [6.07, 6.45) is 0. The van der Waals surface area contributed by atoms with E-state index < -0.39 is 0 Å². The summed E-state index contributed by atoms with van der Waals surface area (Å²) in [4.78, 5) is 4.66. The molecule has 19 heavy (non-hydrogen) atoms. The Kier molecular flexibility index (Phi) is 4.17. The second kappa shape index (κ2) is 5.67. The third-order valence-corrected chi connectivity index (χ3v) is 3.29. The lowest BCUT2D eigenvalue weighted by atomic mass is 10.2. The number of rotatable bonds is 3. The number of nitrogens with zero attached hydrogens (tertiary/aromatic N) is 1. The quantitative estimate of drug-likeness (QED) is 0.864. The van der Waals surface area contributed by atoms with Crippen LogP contribution in [0.5, 0.6) is 11.6 Å². The molecule has 0 aliphatic rings. The summed E-state index contributed by atoms with van der Waals surface area (Å²) in [5.41, 5.74) is 8.23. The number of hydrogen-bond donors (Lipinski definition) is 1. The molecule has 0 saturated heterocycles. The summed E-state index contributed by atoms with van der Waals surface area (Å²) in [6, 6.07) is 9.39. The minimum absolute atomic E-state index is 0.336. The van der Waals surface area contributed by atoms with Crippen molar-refractivity contribution in [2.45, 2.75) is 13.8 Å². The Labute approximate surface area is 125 Å². The maximum absolute atomic E-state index is 5.79. The van der Waals surface area contributed by atoms with E-state index in [0.29, 0.717) is 10.9 Å². The van der Waals surface area contributed by atoms with Gasteiger partial charge in [-0.25, -0.2) is 4.98 Å². The van der Waals surface area contributed by atoms with Crippen molar-refractivity contribution in [1.29, 1.82) is 0 Å². The van der Waals surface area contributed by atoms with Crippen LogP contribution in [0.4, 0.5) is 0 Å². The van der Waals surface area contributed by atoms with Gasteiger partial charge in [0.1, 0.15) is 10.7 Å². The molecule has 0 radical (unpaired) electrons. The van der Waals surface area contributed by atoms with Gasteiger partial charge in [-0.1, -0.05) is 28.1 Å². The van der Waals surface area contributed by atoms with Gasteiger partial charge in [-0.2, -0.15) is 0 Å². The molecule has 3 nitrogen and oxygen atoms in total. The monoisotopic (exact) mass is 336 g/mol. The summed E-state index contributed by atoms with van der Waals surface area (Å²) in [5, 5.41) is 0. The smallest absolute Gasteiger partial charge is 0.220 e. The van der Waals surface area contributed by atoms with E-state index in [9.17, 15) is 0 Å². The zero-order chi connectivity index (χ0) is 14.0.